The molecule has 0 bridgehead atoms. The highest BCUT2D eigenvalue weighted by Gasteiger charge is 2.16. The summed E-state index contributed by atoms with van der Waals surface area (Å²) in [7, 11) is 0. The van der Waals surface area contributed by atoms with Crippen LogP contribution in [0.5, 0.6) is 0 Å². The van der Waals surface area contributed by atoms with Crippen LogP contribution in [0.4, 0.5) is 11.5 Å². The third kappa shape index (κ3) is 4.83. The van der Waals surface area contributed by atoms with Gasteiger partial charge in [-0.1, -0.05) is 6.07 Å². The van der Waals surface area contributed by atoms with E-state index >= 15 is 0 Å². The smallest absolute Gasteiger partial charge is 0.254 e. The Balaban J connectivity index is 1.34. The van der Waals surface area contributed by atoms with Gasteiger partial charge in [0.15, 0.2) is 5.82 Å². The quantitative estimate of drug-likeness (QED) is 0.404. The first-order valence-corrected chi connectivity index (χ1v) is 11.3. The molecule has 1 aliphatic rings. The predicted molar refractivity (Wildman–Crippen MR) is 126 cm³/mol. The fraction of sp³-hybridized carbons (Fsp3) is 0.292. The second kappa shape index (κ2) is 9.74. The summed E-state index contributed by atoms with van der Waals surface area (Å²) in [6.45, 7) is 3.97. The zero-order valence-corrected chi connectivity index (χ0v) is 18.3. The molecule has 9 nitrogen and oxygen atoms in total. The van der Waals surface area contributed by atoms with Crippen molar-refractivity contribution in [2.24, 2.45) is 0 Å². The molecule has 1 saturated heterocycles. The summed E-state index contributed by atoms with van der Waals surface area (Å²) in [6.07, 6.45) is 10.3. The van der Waals surface area contributed by atoms with Crippen molar-refractivity contribution < 1.29 is 4.79 Å². The van der Waals surface area contributed by atoms with Gasteiger partial charge in [0.05, 0.1) is 11.3 Å². The van der Waals surface area contributed by atoms with E-state index in [0.717, 1.165) is 31.6 Å². The maximum Gasteiger partial charge on any atom is 0.254 e. The molecule has 33 heavy (non-hydrogen) atoms. The average molecular weight is 443 g/mol. The fourth-order valence-electron chi connectivity index (χ4n) is 4.05. The minimum absolute atomic E-state index is 0.155. The Hall–Kier alpha value is -3.85. The molecule has 1 aliphatic heterocycles. The summed E-state index contributed by atoms with van der Waals surface area (Å²) >= 11 is 0. The van der Waals surface area contributed by atoms with Crippen molar-refractivity contribution >= 4 is 22.9 Å². The third-order valence-corrected chi connectivity index (χ3v) is 5.74. The molecule has 168 valence electrons. The van der Waals surface area contributed by atoms with E-state index in [2.05, 4.69) is 30.6 Å². The maximum atomic E-state index is 12.9. The molecule has 9 heteroatoms. The van der Waals surface area contributed by atoms with Crippen LogP contribution in [0.2, 0.25) is 0 Å². The lowest BCUT2D eigenvalue weighted by Crippen LogP contribution is -2.29. The van der Waals surface area contributed by atoms with Gasteiger partial charge in [-0.15, -0.1) is 5.10 Å². The zero-order chi connectivity index (χ0) is 22.5. The Kier molecular flexibility index (Phi) is 6.21. The summed E-state index contributed by atoms with van der Waals surface area (Å²) in [4.78, 5) is 28.6. The van der Waals surface area contributed by atoms with Crippen molar-refractivity contribution in [3.05, 3.63) is 66.7 Å². The SMILES string of the molecule is O=C(NCCCN1CCCC1)c1cnccc1Nc1nc(-c2ccccn2)nn2cccc12. The Morgan fingerprint density at radius 1 is 1.06 bits per heavy atom. The van der Waals surface area contributed by atoms with Gasteiger partial charge in [0.2, 0.25) is 5.82 Å². The molecule has 0 aromatic carbocycles. The minimum Gasteiger partial charge on any atom is -0.352 e. The monoisotopic (exact) mass is 442 g/mol. The van der Waals surface area contributed by atoms with Gasteiger partial charge in [-0.25, -0.2) is 9.50 Å². The molecule has 0 saturated carbocycles. The average Bonchev–Trinajstić information content (AvgIpc) is 3.55. The summed E-state index contributed by atoms with van der Waals surface area (Å²) in [5.74, 6) is 0.922. The van der Waals surface area contributed by atoms with Gasteiger partial charge in [0.25, 0.3) is 5.91 Å². The van der Waals surface area contributed by atoms with E-state index in [9.17, 15) is 4.79 Å². The van der Waals surface area contributed by atoms with Gasteiger partial charge in [-0.05, 0) is 69.2 Å². The number of hydrogen-bond acceptors (Lipinski definition) is 7. The Bertz CT molecular complexity index is 1230. The summed E-state index contributed by atoms with van der Waals surface area (Å²) < 4.78 is 1.75. The summed E-state index contributed by atoms with van der Waals surface area (Å²) in [5, 5.41) is 10.9. The molecule has 0 aliphatic carbocycles. The molecule has 0 unspecified atom stereocenters. The number of likely N-dealkylation sites (tertiary alicyclic amines) is 1. The number of rotatable bonds is 8. The topological polar surface area (TPSA) is 100 Å². The van der Waals surface area contributed by atoms with Crippen LogP contribution in [0.25, 0.3) is 17.0 Å². The van der Waals surface area contributed by atoms with Crippen molar-refractivity contribution in [3.63, 3.8) is 0 Å². The number of amides is 1. The van der Waals surface area contributed by atoms with Crippen molar-refractivity contribution in [1.82, 2.24) is 34.8 Å². The highest BCUT2D eigenvalue weighted by atomic mass is 16.1. The summed E-state index contributed by atoms with van der Waals surface area (Å²) in [5.41, 5.74) is 2.57. The van der Waals surface area contributed by atoms with Gasteiger partial charge in [-0.3, -0.25) is 14.8 Å². The zero-order valence-electron chi connectivity index (χ0n) is 18.3. The third-order valence-electron chi connectivity index (χ3n) is 5.74. The highest BCUT2D eigenvalue weighted by molar-refractivity contribution is 6.00. The molecule has 4 aromatic heterocycles. The summed E-state index contributed by atoms with van der Waals surface area (Å²) in [6, 6.07) is 11.2. The van der Waals surface area contributed by atoms with E-state index in [0.29, 0.717) is 35.1 Å². The number of anilines is 2. The first-order valence-electron chi connectivity index (χ1n) is 11.3. The van der Waals surface area contributed by atoms with E-state index in [4.69, 9.17) is 4.98 Å². The van der Waals surface area contributed by atoms with E-state index in [1.54, 1.807) is 29.2 Å². The Morgan fingerprint density at radius 2 is 1.97 bits per heavy atom. The first-order chi connectivity index (χ1) is 16.3. The van der Waals surface area contributed by atoms with Crippen LogP contribution in [0.3, 0.4) is 0 Å². The molecule has 2 N–H and O–H groups in total. The molecule has 1 fully saturated rings. The molecule has 0 atom stereocenters. The van der Waals surface area contributed by atoms with Crippen molar-refractivity contribution in [2.45, 2.75) is 19.3 Å². The van der Waals surface area contributed by atoms with Crippen molar-refractivity contribution in [1.29, 1.82) is 0 Å². The minimum atomic E-state index is -0.155. The highest BCUT2D eigenvalue weighted by Crippen LogP contribution is 2.24. The van der Waals surface area contributed by atoms with Crippen LogP contribution < -0.4 is 10.6 Å². The number of fused-ring (bicyclic) bond motifs is 1. The van der Waals surface area contributed by atoms with Crippen LogP contribution >= 0.6 is 0 Å². The molecule has 0 radical (unpaired) electrons. The molecule has 5 rings (SSSR count). The van der Waals surface area contributed by atoms with Crippen LogP contribution in [-0.2, 0) is 0 Å². The number of aromatic nitrogens is 5. The molecule has 5 heterocycles. The number of nitrogens with zero attached hydrogens (tertiary/aromatic N) is 6. The predicted octanol–water partition coefficient (Wildman–Crippen LogP) is 3.15. The number of nitrogens with one attached hydrogen (secondary N) is 2. The van der Waals surface area contributed by atoms with Gasteiger partial charge < -0.3 is 15.5 Å². The largest absolute Gasteiger partial charge is 0.352 e. The van der Waals surface area contributed by atoms with Gasteiger partial charge in [-0.2, -0.15) is 0 Å². The Morgan fingerprint density at radius 3 is 2.82 bits per heavy atom. The Labute approximate surface area is 191 Å². The number of carbonyl (C=O) groups is 1. The molecule has 0 spiro atoms. The standard InChI is InChI=1S/C24H26N8O/c33-24(27-11-6-15-31-13-3-4-14-31)18-17-25-12-9-19(18)28-23-21-8-5-16-32(21)30-22(29-23)20-7-1-2-10-26-20/h1-2,5,7-10,12,16-17H,3-4,6,11,13-15H2,(H,27,33)(H,25,28,29,30). The number of pyridine rings is 2. The lowest BCUT2D eigenvalue weighted by Gasteiger charge is -2.15. The lowest BCUT2D eigenvalue weighted by molar-refractivity contribution is 0.0952. The first kappa shape index (κ1) is 21.0. The maximum absolute atomic E-state index is 12.9. The molecular weight excluding hydrogens is 416 g/mol. The van der Waals surface area contributed by atoms with Crippen LogP contribution in [-0.4, -0.2) is 61.6 Å². The van der Waals surface area contributed by atoms with E-state index < -0.39 is 0 Å². The van der Waals surface area contributed by atoms with E-state index in [-0.39, 0.29) is 5.91 Å². The molecule has 4 aromatic rings. The second-order valence-electron chi connectivity index (χ2n) is 8.04. The van der Waals surface area contributed by atoms with Crippen molar-refractivity contribution in [3.8, 4) is 11.5 Å². The van der Waals surface area contributed by atoms with Crippen LogP contribution in [0, 0.1) is 0 Å². The van der Waals surface area contributed by atoms with Gasteiger partial charge >= 0.3 is 0 Å². The van der Waals surface area contributed by atoms with Crippen LogP contribution in [0.15, 0.2) is 61.2 Å². The van der Waals surface area contributed by atoms with E-state index in [1.165, 1.54) is 12.8 Å². The fourth-order valence-corrected chi connectivity index (χ4v) is 4.05. The lowest BCUT2D eigenvalue weighted by atomic mass is 10.2. The van der Waals surface area contributed by atoms with Gasteiger partial charge in [0.1, 0.15) is 11.2 Å². The number of hydrogen-bond donors (Lipinski definition) is 2. The van der Waals surface area contributed by atoms with Crippen LogP contribution in [0.1, 0.15) is 29.6 Å². The second-order valence-corrected chi connectivity index (χ2v) is 8.04. The normalized spacial score (nSPS) is 13.9. The molecular formula is C24H26N8O. The molecule has 1 amide bonds. The van der Waals surface area contributed by atoms with Crippen molar-refractivity contribution in [2.75, 3.05) is 31.5 Å². The number of carbonyl (C=O) groups excluding carboxylic acids is 1. The van der Waals surface area contributed by atoms with E-state index in [1.807, 2.05) is 36.5 Å². The van der Waals surface area contributed by atoms with Gasteiger partial charge in [0, 0.05) is 31.3 Å².